The maximum atomic E-state index is 13.1. The van der Waals surface area contributed by atoms with Crippen molar-refractivity contribution in [2.24, 2.45) is 0 Å². The minimum atomic E-state index is -0.491. The Morgan fingerprint density at radius 3 is 2.88 bits per heavy atom. The van der Waals surface area contributed by atoms with Crippen LogP contribution in [0.15, 0.2) is 24.4 Å². The smallest absolute Gasteiger partial charge is 0.254 e. The van der Waals surface area contributed by atoms with Crippen LogP contribution >= 0.6 is 11.6 Å². The van der Waals surface area contributed by atoms with Crippen LogP contribution in [-0.4, -0.2) is 81.7 Å². The second-order valence-corrected chi connectivity index (χ2v) is 9.50. The highest BCUT2D eigenvalue weighted by atomic mass is 35.5. The number of halogens is 1. The van der Waals surface area contributed by atoms with Crippen molar-refractivity contribution < 1.29 is 19.4 Å². The van der Waals surface area contributed by atoms with E-state index in [4.69, 9.17) is 16.3 Å². The molecule has 0 aliphatic carbocycles. The Morgan fingerprint density at radius 2 is 2.09 bits per heavy atom. The molecule has 0 unspecified atom stereocenters. The molecule has 4 heterocycles. The number of aliphatic hydroxyl groups excluding tert-OH is 1. The number of rotatable bonds is 5. The number of likely N-dealkylation sites (tertiary alicyclic amines) is 1. The van der Waals surface area contributed by atoms with E-state index in [2.05, 4.69) is 15.3 Å². The average Bonchev–Trinajstić information content (AvgIpc) is 3.15. The standard InChI is InChI=1S/C24H28ClN5O4/c25-20-11-26-24(27-17-5-8-34-9-6-17)28-22(20)15-3-4-16-12-30(23(33)19(16)10-15)14-21(32)29-7-1-2-18(31)13-29/h3-4,10-11,17-18,31H,1-2,5-9,12-14H2,(H,26,27,28)/t18-/m0/s1. The zero-order valence-electron chi connectivity index (χ0n) is 18.9. The number of hydrogen-bond acceptors (Lipinski definition) is 7. The van der Waals surface area contributed by atoms with Gasteiger partial charge >= 0.3 is 0 Å². The molecular weight excluding hydrogens is 458 g/mol. The van der Waals surface area contributed by atoms with Gasteiger partial charge < -0.3 is 25.0 Å². The largest absolute Gasteiger partial charge is 0.391 e. The molecule has 0 bridgehead atoms. The third-order valence-corrected chi connectivity index (χ3v) is 6.91. The molecule has 2 saturated heterocycles. The number of aromatic nitrogens is 2. The van der Waals surface area contributed by atoms with Crippen molar-refractivity contribution in [3.63, 3.8) is 0 Å². The normalized spacial score (nSPS) is 21.0. The van der Waals surface area contributed by atoms with Crippen LogP contribution in [0.2, 0.25) is 5.02 Å². The molecule has 3 aliphatic rings. The van der Waals surface area contributed by atoms with Crippen LogP contribution in [0.4, 0.5) is 5.95 Å². The summed E-state index contributed by atoms with van der Waals surface area (Å²) in [6, 6.07) is 5.82. The summed E-state index contributed by atoms with van der Waals surface area (Å²) in [5, 5.41) is 13.6. The first-order valence-electron chi connectivity index (χ1n) is 11.7. The second-order valence-electron chi connectivity index (χ2n) is 9.09. The van der Waals surface area contributed by atoms with Crippen molar-refractivity contribution >= 4 is 29.4 Å². The van der Waals surface area contributed by atoms with Gasteiger partial charge in [-0.1, -0.05) is 23.7 Å². The number of nitrogens with one attached hydrogen (secondary N) is 1. The highest BCUT2D eigenvalue weighted by Gasteiger charge is 2.32. The zero-order chi connectivity index (χ0) is 23.7. The maximum Gasteiger partial charge on any atom is 0.254 e. The van der Waals surface area contributed by atoms with E-state index in [0.29, 0.717) is 61.5 Å². The molecule has 1 aromatic carbocycles. The fourth-order valence-electron chi connectivity index (χ4n) is 4.74. The van der Waals surface area contributed by atoms with E-state index in [-0.39, 0.29) is 24.4 Å². The van der Waals surface area contributed by atoms with Crippen LogP contribution in [0.5, 0.6) is 0 Å². The molecule has 2 amide bonds. The van der Waals surface area contributed by atoms with E-state index in [1.807, 2.05) is 12.1 Å². The quantitative estimate of drug-likeness (QED) is 0.669. The summed E-state index contributed by atoms with van der Waals surface area (Å²) < 4.78 is 5.40. The SMILES string of the molecule is O=C(CN1Cc2ccc(-c3nc(NC4CCOCC4)ncc3Cl)cc2C1=O)N1CCC[C@H](O)C1. The number of benzene rings is 1. The van der Waals surface area contributed by atoms with Crippen molar-refractivity contribution in [3.8, 4) is 11.3 Å². The molecule has 3 aliphatic heterocycles. The minimum Gasteiger partial charge on any atom is -0.391 e. The van der Waals surface area contributed by atoms with Gasteiger partial charge in [-0.25, -0.2) is 9.97 Å². The summed E-state index contributed by atoms with van der Waals surface area (Å²) in [5.41, 5.74) is 2.70. The third kappa shape index (κ3) is 4.87. The zero-order valence-corrected chi connectivity index (χ0v) is 19.6. The molecule has 180 valence electrons. The summed E-state index contributed by atoms with van der Waals surface area (Å²) in [4.78, 5) is 37.9. The van der Waals surface area contributed by atoms with Crippen LogP contribution in [0.1, 0.15) is 41.6 Å². The van der Waals surface area contributed by atoms with Gasteiger partial charge in [0.2, 0.25) is 11.9 Å². The number of fused-ring (bicyclic) bond motifs is 1. The van der Waals surface area contributed by atoms with E-state index in [1.54, 1.807) is 22.1 Å². The molecule has 2 fully saturated rings. The van der Waals surface area contributed by atoms with Crippen molar-refractivity contribution in [1.82, 2.24) is 19.8 Å². The van der Waals surface area contributed by atoms with Gasteiger partial charge in [0.05, 0.1) is 23.0 Å². The van der Waals surface area contributed by atoms with Crippen LogP contribution in [0, 0.1) is 0 Å². The number of anilines is 1. The van der Waals surface area contributed by atoms with Gasteiger partial charge in [0.25, 0.3) is 5.91 Å². The summed E-state index contributed by atoms with van der Waals surface area (Å²) in [5.74, 6) is 0.172. The summed E-state index contributed by atoms with van der Waals surface area (Å²) in [6.07, 6.45) is 4.33. The number of amides is 2. The Labute approximate surface area is 203 Å². The van der Waals surface area contributed by atoms with Gasteiger partial charge in [0.15, 0.2) is 0 Å². The molecule has 0 saturated carbocycles. The second kappa shape index (κ2) is 9.85. The van der Waals surface area contributed by atoms with Crippen molar-refractivity contribution in [3.05, 3.63) is 40.5 Å². The Bertz CT molecular complexity index is 1090. The van der Waals surface area contributed by atoms with Crippen molar-refractivity contribution in [2.45, 2.75) is 44.4 Å². The van der Waals surface area contributed by atoms with Gasteiger partial charge in [-0.2, -0.15) is 0 Å². The Kier molecular flexibility index (Phi) is 6.67. The summed E-state index contributed by atoms with van der Waals surface area (Å²) >= 11 is 6.42. The number of carbonyl (C=O) groups excluding carboxylic acids is 2. The lowest BCUT2D eigenvalue weighted by Gasteiger charge is -2.31. The topological polar surface area (TPSA) is 108 Å². The summed E-state index contributed by atoms with van der Waals surface area (Å²) in [7, 11) is 0. The lowest BCUT2D eigenvalue weighted by atomic mass is 10.0. The molecule has 0 spiro atoms. The molecule has 10 heteroatoms. The van der Waals surface area contributed by atoms with E-state index in [9.17, 15) is 14.7 Å². The number of ether oxygens (including phenoxy) is 1. The first-order valence-corrected chi connectivity index (χ1v) is 12.1. The number of piperidine rings is 1. The Balaban J connectivity index is 1.31. The van der Waals surface area contributed by atoms with Gasteiger partial charge in [0.1, 0.15) is 6.54 Å². The number of β-amino-alcohol motifs (C(OH)–C–C–N with tert-alkyl or cyclic N) is 1. The highest BCUT2D eigenvalue weighted by molar-refractivity contribution is 6.33. The Morgan fingerprint density at radius 1 is 1.26 bits per heavy atom. The van der Waals surface area contributed by atoms with Gasteiger partial charge in [0, 0.05) is 50.0 Å². The van der Waals surface area contributed by atoms with E-state index in [1.165, 1.54) is 0 Å². The first kappa shape index (κ1) is 23.0. The molecule has 34 heavy (non-hydrogen) atoms. The number of carbonyl (C=O) groups is 2. The van der Waals surface area contributed by atoms with E-state index >= 15 is 0 Å². The number of nitrogens with zero attached hydrogens (tertiary/aromatic N) is 4. The van der Waals surface area contributed by atoms with Crippen LogP contribution in [-0.2, 0) is 16.1 Å². The lowest BCUT2D eigenvalue weighted by molar-refractivity contribution is -0.134. The maximum absolute atomic E-state index is 13.1. The molecule has 5 rings (SSSR count). The fraction of sp³-hybridized carbons (Fsp3) is 0.500. The number of aliphatic hydroxyl groups is 1. The minimum absolute atomic E-state index is 0.00298. The molecule has 2 aromatic rings. The first-order chi connectivity index (χ1) is 16.5. The molecule has 1 aromatic heterocycles. The Hall–Kier alpha value is -2.75. The highest BCUT2D eigenvalue weighted by Crippen LogP contribution is 2.32. The van der Waals surface area contributed by atoms with E-state index in [0.717, 1.165) is 30.4 Å². The molecule has 1 atom stereocenters. The fourth-order valence-corrected chi connectivity index (χ4v) is 4.94. The van der Waals surface area contributed by atoms with Crippen molar-refractivity contribution in [1.29, 1.82) is 0 Å². The van der Waals surface area contributed by atoms with E-state index < -0.39 is 6.10 Å². The third-order valence-electron chi connectivity index (χ3n) is 6.64. The van der Waals surface area contributed by atoms with Crippen LogP contribution < -0.4 is 5.32 Å². The van der Waals surface area contributed by atoms with Crippen LogP contribution in [0.25, 0.3) is 11.3 Å². The number of hydrogen-bond donors (Lipinski definition) is 2. The average molecular weight is 486 g/mol. The van der Waals surface area contributed by atoms with Gasteiger partial charge in [-0.15, -0.1) is 0 Å². The molecule has 2 N–H and O–H groups in total. The van der Waals surface area contributed by atoms with Gasteiger partial charge in [-0.05, 0) is 37.3 Å². The summed E-state index contributed by atoms with van der Waals surface area (Å²) in [6.45, 7) is 2.75. The van der Waals surface area contributed by atoms with Crippen LogP contribution in [0.3, 0.4) is 0 Å². The molecule has 9 nitrogen and oxygen atoms in total. The lowest BCUT2D eigenvalue weighted by Crippen LogP contribution is -2.46. The monoisotopic (exact) mass is 485 g/mol. The molecule has 0 radical (unpaired) electrons. The predicted molar refractivity (Wildman–Crippen MR) is 127 cm³/mol. The molecular formula is C24H28ClN5O4. The van der Waals surface area contributed by atoms with Gasteiger partial charge in [-0.3, -0.25) is 9.59 Å². The predicted octanol–water partition coefficient (Wildman–Crippen LogP) is 2.33. The van der Waals surface area contributed by atoms with Crippen molar-refractivity contribution in [2.75, 3.05) is 38.2 Å².